The lowest BCUT2D eigenvalue weighted by atomic mass is 10.1. The van der Waals surface area contributed by atoms with Crippen LogP contribution in [0.2, 0.25) is 0 Å². The van der Waals surface area contributed by atoms with Gasteiger partial charge in [-0.1, -0.05) is 12.1 Å². The first-order chi connectivity index (χ1) is 21.5. The first-order valence-electron chi connectivity index (χ1n) is 14.2. The van der Waals surface area contributed by atoms with Crippen molar-refractivity contribution in [3.63, 3.8) is 0 Å². The van der Waals surface area contributed by atoms with Gasteiger partial charge in [-0.05, 0) is 84.9 Å². The summed E-state index contributed by atoms with van der Waals surface area (Å²) in [6, 6.07) is 27.6. The average Bonchev–Trinajstić information content (AvgIpc) is 3.78. The molecule has 0 atom stereocenters. The Kier molecular flexibility index (Phi) is 9.70. The Morgan fingerprint density at radius 2 is 0.956 bits per heavy atom. The van der Waals surface area contributed by atoms with Gasteiger partial charge in [0.1, 0.15) is 11.7 Å². The van der Waals surface area contributed by atoms with Crippen LogP contribution in [0.1, 0.15) is 31.8 Å². The SMILES string of the molecule is Cl.O=C(Nc1cccc(C(=O)Nc2ccc(C3=NCCN3)cc2)c1)Nc1cccc(C(=O)Nc2ccc(C3=NCCN3)cc2)c1. The molecule has 4 aromatic rings. The van der Waals surface area contributed by atoms with E-state index in [0.717, 1.165) is 49.0 Å². The molecule has 0 spiro atoms. The highest BCUT2D eigenvalue weighted by atomic mass is 35.5. The van der Waals surface area contributed by atoms with Crippen LogP contribution < -0.4 is 31.9 Å². The van der Waals surface area contributed by atoms with E-state index >= 15 is 0 Å². The maximum atomic E-state index is 12.9. The van der Waals surface area contributed by atoms with Gasteiger partial charge in [0.2, 0.25) is 0 Å². The normalized spacial score (nSPS) is 13.2. The molecule has 12 heteroatoms. The van der Waals surface area contributed by atoms with Crippen molar-refractivity contribution in [2.45, 2.75) is 0 Å². The number of amides is 4. The molecular weight excluding hydrogens is 592 g/mol. The molecule has 0 radical (unpaired) electrons. The maximum absolute atomic E-state index is 12.9. The van der Waals surface area contributed by atoms with Crippen LogP contribution in [0, 0.1) is 0 Å². The molecule has 0 unspecified atom stereocenters. The Balaban J connectivity index is 0.00000400. The molecule has 4 amide bonds. The third-order valence-electron chi connectivity index (χ3n) is 6.95. The summed E-state index contributed by atoms with van der Waals surface area (Å²) in [6.07, 6.45) is 0. The van der Waals surface area contributed by atoms with Gasteiger partial charge in [0.25, 0.3) is 11.8 Å². The minimum Gasteiger partial charge on any atom is -0.368 e. The van der Waals surface area contributed by atoms with Crippen molar-refractivity contribution >= 4 is 64.7 Å². The number of rotatable bonds is 8. The number of carbonyl (C=O) groups is 3. The molecule has 0 aliphatic carbocycles. The molecule has 0 saturated carbocycles. The zero-order valence-corrected chi connectivity index (χ0v) is 24.9. The van der Waals surface area contributed by atoms with E-state index in [1.165, 1.54) is 0 Å². The number of urea groups is 1. The van der Waals surface area contributed by atoms with Crippen molar-refractivity contribution in [3.05, 3.63) is 119 Å². The Bertz CT molecular complexity index is 1640. The zero-order valence-electron chi connectivity index (χ0n) is 24.1. The Labute approximate surface area is 266 Å². The van der Waals surface area contributed by atoms with Crippen molar-refractivity contribution in [1.82, 2.24) is 10.6 Å². The number of amidine groups is 2. The fourth-order valence-electron chi connectivity index (χ4n) is 4.78. The number of hydrogen-bond donors (Lipinski definition) is 6. The van der Waals surface area contributed by atoms with Crippen molar-refractivity contribution < 1.29 is 14.4 Å². The lowest BCUT2D eigenvalue weighted by molar-refractivity contribution is 0.101. The van der Waals surface area contributed by atoms with E-state index in [1.54, 1.807) is 48.5 Å². The number of carbonyl (C=O) groups excluding carboxylic acids is 3. The average molecular weight is 623 g/mol. The molecular formula is C33H31ClN8O3. The zero-order chi connectivity index (χ0) is 30.3. The molecule has 2 aliphatic heterocycles. The van der Waals surface area contributed by atoms with Gasteiger partial charge in [-0.25, -0.2) is 4.79 Å². The summed E-state index contributed by atoms with van der Waals surface area (Å²) in [4.78, 5) is 47.3. The molecule has 228 valence electrons. The number of benzene rings is 4. The monoisotopic (exact) mass is 622 g/mol. The standard InChI is InChI=1S/C33H30N8O3.ClH/c42-31(38-25-11-7-21(8-12-25)29-34-15-16-35-29)23-3-1-5-27(19-23)40-33(44)41-28-6-2-4-24(20-28)32(43)39-26-13-9-22(10-14-26)30-36-17-18-37-30;/h1-14,19-20H,15-18H2,(H,34,35)(H,36,37)(H,38,42)(H,39,43)(H2,40,41,44);1H. The van der Waals surface area contributed by atoms with Crippen LogP contribution in [0.25, 0.3) is 0 Å². The summed E-state index contributed by atoms with van der Waals surface area (Å²) in [6.45, 7) is 3.16. The first kappa shape index (κ1) is 30.8. The number of halogens is 1. The first-order valence-corrected chi connectivity index (χ1v) is 14.2. The van der Waals surface area contributed by atoms with Gasteiger partial charge in [0, 0.05) is 58.1 Å². The lowest BCUT2D eigenvalue weighted by Gasteiger charge is -2.11. The predicted molar refractivity (Wildman–Crippen MR) is 180 cm³/mol. The van der Waals surface area contributed by atoms with Crippen molar-refractivity contribution in [2.75, 3.05) is 47.4 Å². The van der Waals surface area contributed by atoms with Crippen molar-refractivity contribution in [1.29, 1.82) is 0 Å². The molecule has 0 bridgehead atoms. The highest BCUT2D eigenvalue weighted by Crippen LogP contribution is 2.18. The molecule has 45 heavy (non-hydrogen) atoms. The van der Waals surface area contributed by atoms with Crippen LogP contribution in [-0.2, 0) is 0 Å². The van der Waals surface area contributed by atoms with Crippen LogP contribution in [0.5, 0.6) is 0 Å². The minimum absolute atomic E-state index is 0. The largest absolute Gasteiger partial charge is 0.368 e. The van der Waals surface area contributed by atoms with Crippen LogP contribution in [0.4, 0.5) is 27.5 Å². The molecule has 0 aromatic heterocycles. The number of aliphatic imine (C=N–C) groups is 2. The molecule has 4 aromatic carbocycles. The van der Waals surface area contributed by atoms with Crippen LogP contribution in [-0.4, -0.2) is 55.7 Å². The molecule has 0 saturated heterocycles. The summed E-state index contributed by atoms with van der Waals surface area (Å²) in [5.74, 6) is 1.08. The van der Waals surface area contributed by atoms with Crippen LogP contribution in [0.15, 0.2) is 107 Å². The summed E-state index contributed by atoms with van der Waals surface area (Å²) >= 11 is 0. The third-order valence-corrected chi connectivity index (χ3v) is 6.95. The second-order valence-electron chi connectivity index (χ2n) is 10.1. The van der Waals surface area contributed by atoms with Gasteiger partial charge in [0.05, 0.1) is 13.1 Å². The number of hydrogen-bond acceptors (Lipinski definition) is 7. The van der Waals surface area contributed by atoms with E-state index in [0.29, 0.717) is 33.9 Å². The van der Waals surface area contributed by atoms with E-state index in [4.69, 9.17) is 0 Å². The number of nitrogens with one attached hydrogen (secondary N) is 6. The number of anilines is 4. The summed E-state index contributed by atoms with van der Waals surface area (Å²) in [7, 11) is 0. The van der Waals surface area contributed by atoms with Gasteiger partial charge in [-0.3, -0.25) is 19.6 Å². The van der Waals surface area contributed by atoms with Crippen molar-refractivity contribution in [3.8, 4) is 0 Å². The molecule has 6 rings (SSSR count). The summed E-state index contributed by atoms with van der Waals surface area (Å²) < 4.78 is 0. The Hall–Kier alpha value is -5.68. The Morgan fingerprint density at radius 3 is 1.33 bits per heavy atom. The fourth-order valence-corrected chi connectivity index (χ4v) is 4.78. The predicted octanol–water partition coefficient (Wildman–Crippen LogP) is 4.96. The Morgan fingerprint density at radius 1 is 0.533 bits per heavy atom. The molecule has 11 nitrogen and oxygen atoms in total. The van der Waals surface area contributed by atoms with Gasteiger partial charge in [0.15, 0.2) is 0 Å². The summed E-state index contributed by atoms with van der Waals surface area (Å²) in [5.41, 5.74) is 4.85. The van der Waals surface area contributed by atoms with Gasteiger partial charge >= 0.3 is 6.03 Å². The minimum atomic E-state index is -0.516. The van der Waals surface area contributed by atoms with Gasteiger partial charge < -0.3 is 31.9 Å². The maximum Gasteiger partial charge on any atom is 0.323 e. The highest BCUT2D eigenvalue weighted by molar-refractivity contribution is 6.08. The number of nitrogens with zero attached hydrogens (tertiary/aromatic N) is 2. The van der Waals surface area contributed by atoms with E-state index in [1.807, 2.05) is 48.5 Å². The van der Waals surface area contributed by atoms with Gasteiger partial charge in [-0.15, -0.1) is 12.4 Å². The van der Waals surface area contributed by atoms with Crippen LogP contribution in [0.3, 0.4) is 0 Å². The van der Waals surface area contributed by atoms with E-state index in [-0.39, 0.29) is 24.2 Å². The molecule has 0 fully saturated rings. The smallest absolute Gasteiger partial charge is 0.323 e. The van der Waals surface area contributed by atoms with E-state index < -0.39 is 6.03 Å². The molecule has 6 N–H and O–H groups in total. The fraction of sp³-hybridized carbons (Fsp3) is 0.121. The highest BCUT2D eigenvalue weighted by Gasteiger charge is 2.13. The van der Waals surface area contributed by atoms with Crippen molar-refractivity contribution in [2.24, 2.45) is 9.98 Å². The van der Waals surface area contributed by atoms with E-state index in [9.17, 15) is 14.4 Å². The lowest BCUT2D eigenvalue weighted by Crippen LogP contribution is -2.20. The molecule has 2 aliphatic rings. The van der Waals surface area contributed by atoms with Crippen LogP contribution >= 0.6 is 12.4 Å². The second-order valence-corrected chi connectivity index (χ2v) is 10.1. The van der Waals surface area contributed by atoms with E-state index in [2.05, 4.69) is 41.9 Å². The quantitative estimate of drug-likeness (QED) is 0.164. The van der Waals surface area contributed by atoms with Gasteiger partial charge in [-0.2, -0.15) is 0 Å². The third kappa shape index (κ3) is 7.84. The molecule has 2 heterocycles. The second kappa shape index (κ2) is 14.2. The topological polar surface area (TPSA) is 148 Å². The summed E-state index contributed by atoms with van der Waals surface area (Å²) in [5, 5.41) is 17.7.